The molecule has 152 valence electrons. The minimum Gasteiger partial charge on any atom is -0.480 e. The lowest BCUT2D eigenvalue weighted by atomic mass is 10.1. The van der Waals surface area contributed by atoms with Gasteiger partial charge in [0.2, 0.25) is 17.7 Å². The van der Waals surface area contributed by atoms with E-state index in [1.807, 2.05) is 32.0 Å². The topological polar surface area (TPSA) is 107 Å². The van der Waals surface area contributed by atoms with Gasteiger partial charge in [-0.15, -0.1) is 0 Å². The Morgan fingerprint density at radius 3 is 2.61 bits per heavy atom. The quantitative estimate of drug-likeness (QED) is 0.726. The largest absolute Gasteiger partial charge is 0.480 e. The summed E-state index contributed by atoms with van der Waals surface area (Å²) in [7, 11) is 0. The van der Waals surface area contributed by atoms with E-state index in [0.29, 0.717) is 0 Å². The van der Waals surface area contributed by atoms with E-state index < -0.39 is 17.9 Å². The van der Waals surface area contributed by atoms with Gasteiger partial charge in [0.05, 0.1) is 5.92 Å². The minimum absolute atomic E-state index is 0.0369. The van der Waals surface area contributed by atoms with Crippen LogP contribution in [0, 0.1) is 19.8 Å². The number of carbonyl (C=O) groups is 4. The second kappa shape index (κ2) is 8.86. The van der Waals surface area contributed by atoms with Crippen LogP contribution in [0.5, 0.6) is 0 Å². The molecule has 3 amide bonds. The average molecular weight is 389 g/mol. The third kappa shape index (κ3) is 4.68. The number of nitrogens with zero attached hydrogens (tertiary/aromatic N) is 2. The van der Waals surface area contributed by atoms with Gasteiger partial charge in [-0.05, 0) is 38.0 Å². The van der Waals surface area contributed by atoms with Crippen LogP contribution >= 0.6 is 0 Å². The lowest BCUT2D eigenvalue weighted by Crippen LogP contribution is -2.49. The molecule has 0 saturated carbocycles. The highest BCUT2D eigenvalue weighted by Crippen LogP contribution is 2.30. The first-order chi connectivity index (χ1) is 13.1. The Bertz CT molecular complexity index is 792. The third-order valence-corrected chi connectivity index (χ3v) is 5.18. The molecular formula is C20H27N3O5. The van der Waals surface area contributed by atoms with Crippen molar-refractivity contribution in [1.29, 1.82) is 0 Å². The van der Waals surface area contributed by atoms with E-state index in [4.69, 9.17) is 0 Å². The zero-order valence-corrected chi connectivity index (χ0v) is 16.7. The van der Waals surface area contributed by atoms with Gasteiger partial charge in [0, 0.05) is 38.7 Å². The van der Waals surface area contributed by atoms with Crippen molar-refractivity contribution in [3.63, 3.8) is 0 Å². The number of nitrogens with one attached hydrogen (secondary N) is 1. The smallest absolute Gasteiger partial charge is 0.326 e. The van der Waals surface area contributed by atoms with Crippen LogP contribution in [0.3, 0.4) is 0 Å². The first-order valence-electron chi connectivity index (χ1n) is 9.27. The molecule has 2 rings (SSSR count). The number of hydrogen-bond donors (Lipinski definition) is 2. The van der Waals surface area contributed by atoms with Crippen molar-refractivity contribution in [2.45, 2.75) is 40.2 Å². The molecule has 2 atom stereocenters. The van der Waals surface area contributed by atoms with E-state index in [0.717, 1.165) is 16.8 Å². The molecular weight excluding hydrogens is 362 g/mol. The zero-order chi connectivity index (χ0) is 21.0. The molecule has 0 radical (unpaired) electrons. The van der Waals surface area contributed by atoms with E-state index in [1.165, 1.54) is 18.7 Å². The Kier molecular flexibility index (Phi) is 6.77. The summed E-state index contributed by atoms with van der Waals surface area (Å²) in [5, 5.41) is 11.9. The molecule has 1 fully saturated rings. The van der Waals surface area contributed by atoms with Gasteiger partial charge in [0.25, 0.3) is 0 Å². The molecule has 1 aromatic carbocycles. The highest BCUT2D eigenvalue weighted by molar-refractivity contribution is 6.01. The first-order valence-corrected chi connectivity index (χ1v) is 9.27. The molecule has 2 N–H and O–H groups in total. The van der Waals surface area contributed by atoms with Crippen LogP contribution in [0.1, 0.15) is 31.4 Å². The summed E-state index contributed by atoms with van der Waals surface area (Å²) in [5.74, 6) is -2.55. The van der Waals surface area contributed by atoms with Crippen LogP contribution in [-0.2, 0) is 19.2 Å². The second-order valence-electron chi connectivity index (χ2n) is 7.15. The minimum atomic E-state index is -1.13. The predicted molar refractivity (Wildman–Crippen MR) is 104 cm³/mol. The van der Waals surface area contributed by atoms with Gasteiger partial charge in [-0.25, -0.2) is 4.79 Å². The fourth-order valence-corrected chi connectivity index (χ4v) is 3.35. The van der Waals surface area contributed by atoms with Gasteiger partial charge in [-0.2, -0.15) is 0 Å². The van der Waals surface area contributed by atoms with E-state index >= 15 is 0 Å². The Hall–Kier alpha value is -2.90. The number of carboxylic acid groups (broad SMARTS) is 1. The second-order valence-corrected chi connectivity index (χ2v) is 7.15. The molecule has 0 spiro atoms. The van der Waals surface area contributed by atoms with Gasteiger partial charge >= 0.3 is 5.97 Å². The summed E-state index contributed by atoms with van der Waals surface area (Å²) in [6.45, 7) is 7.10. The lowest BCUT2D eigenvalue weighted by Gasteiger charge is -2.29. The van der Waals surface area contributed by atoms with Gasteiger partial charge in [-0.1, -0.05) is 12.1 Å². The number of anilines is 1. The predicted octanol–water partition coefficient (Wildman–Crippen LogP) is 1.09. The number of aryl methyl sites for hydroxylation is 1. The number of aliphatic carboxylic acids is 1. The number of carbonyl (C=O) groups excluding carboxylic acids is 3. The fourth-order valence-electron chi connectivity index (χ4n) is 3.35. The number of benzene rings is 1. The van der Waals surface area contributed by atoms with Gasteiger partial charge in [0.1, 0.15) is 6.04 Å². The highest BCUT2D eigenvalue weighted by Gasteiger charge is 2.39. The van der Waals surface area contributed by atoms with Crippen LogP contribution in [0.4, 0.5) is 5.69 Å². The number of rotatable bonds is 7. The maximum atomic E-state index is 13.0. The maximum absolute atomic E-state index is 13.0. The van der Waals surface area contributed by atoms with Crippen molar-refractivity contribution in [1.82, 2.24) is 10.2 Å². The molecule has 1 saturated heterocycles. The Balaban J connectivity index is 2.18. The average Bonchev–Trinajstić information content (AvgIpc) is 3.01. The van der Waals surface area contributed by atoms with Crippen LogP contribution in [-0.4, -0.2) is 59.4 Å². The molecule has 28 heavy (non-hydrogen) atoms. The third-order valence-electron chi connectivity index (χ3n) is 5.18. The van der Waals surface area contributed by atoms with Crippen LogP contribution in [0.15, 0.2) is 18.2 Å². The van der Waals surface area contributed by atoms with Crippen molar-refractivity contribution in [3.05, 3.63) is 29.3 Å². The molecule has 8 nitrogen and oxygen atoms in total. The highest BCUT2D eigenvalue weighted by atomic mass is 16.4. The van der Waals surface area contributed by atoms with Crippen molar-refractivity contribution >= 4 is 29.4 Å². The molecule has 1 heterocycles. The van der Waals surface area contributed by atoms with Gasteiger partial charge < -0.3 is 20.2 Å². The van der Waals surface area contributed by atoms with Crippen LogP contribution < -0.4 is 10.2 Å². The summed E-state index contributed by atoms with van der Waals surface area (Å²) in [6, 6.07) is 4.62. The summed E-state index contributed by atoms with van der Waals surface area (Å²) >= 11 is 0. The zero-order valence-electron chi connectivity index (χ0n) is 16.7. The molecule has 0 bridgehead atoms. The fraction of sp³-hybridized carbons (Fsp3) is 0.500. The molecule has 0 aliphatic carbocycles. The molecule has 1 aliphatic rings. The van der Waals surface area contributed by atoms with Crippen LogP contribution in [0.25, 0.3) is 0 Å². The molecule has 0 aromatic heterocycles. The van der Waals surface area contributed by atoms with E-state index in [2.05, 4.69) is 5.32 Å². The summed E-state index contributed by atoms with van der Waals surface area (Å²) in [6.07, 6.45) is 0.0369. The number of carboxylic acids is 1. The van der Waals surface area contributed by atoms with Crippen molar-refractivity contribution in [2.75, 3.05) is 24.5 Å². The summed E-state index contributed by atoms with van der Waals surface area (Å²) < 4.78 is 0. The molecule has 1 aromatic rings. The van der Waals surface area contributed by atoms with Crippen molar-refractivity contribution in [2.24, 2.45) is 5.92 Å². The van der Waals surface area contributed by atoms with E-state index in [9.17, 15) is 24.3 Å². The van der Waals surface area contributed by atoms with E-state index in [1.54, 1.807) is 4.90 Å². The monoisotopic (exact) mass is 389 g/mol. The van der Waals surface area contributed by atoms with E-state index in [-0.39, 0.29) is 43.8 Å². The van der Waals surface area contributed by atoms with Crippen molar-refractivity contribution in [3.8, 4) is 0 Å². The lowest BCUT2D eigenvalue weighted by molar-refractivity contribution is -0.151. The number of amides is 3. The Morgan fingerprint density at radius 2 is 2.00 bits per heavy atom. The van der Waals surface area contributed by atoms with Crippen molar-refractivity contribution < 1.29 is 24.3 Å². The summed E-state index contributed by atoms with van der Waals surface area (Å²) in [4.78, 5) is 50.9. The normalized spacial score (nSPS) is 17.4. The van der Waals surface area contributed by atoms with Crippen LogP contribution in [0.2, 0.25) is 0 Å². The van der Waals surface area contributed by atoms with Gasteiger partial charge in [0.15, 0.2) is 0 Å². The maximum Gasteiger partial charge on any atom is 0.326 e. The SMILES string of the molecule is CC(=O)NCCN(C(=O)C1CC(=O)N(c2cccc(C)c2C)C1)C(C)C(=O)O. The first kappa shape index (κ1) is 21.4. The summed E-state index contributed by atoms with van der Waals surface area (Å²) in [5.41, 5.74) is 2.80. The molecule has 8 heteroatoms. The molecule has 2 unspecified atom stereocenters. The Morgan fingerprint density at radius 1 is 1.32 bits per heavy atom. The standard InChI is InChI=1S/C20H27N3O5/c1-12-6-5-7-17(13(12)2)23-11-16(10-18(23)25)19(26)22(14(3)20(27)28)9-8-21-15(4)24/h5-7,14,16H,8-11H2,1-4H3,(H,21,24)(H,27,28). The number of hydrogen-bond acceptors (Lipinski definition) is 4. The molecule has 1 aliphatic heterocycles. The van der Waals surface area contributed by atoms with Gasteiger partial charge in [-0.3, -0.25) is 14.4 Å². The Labute approximate surface area is 164 Å².